The van der Waals surface area contributed by atoms with Crippen LogP contribution in [0.3, 0.4) is 0 Å². The lowest BCUT2D eigenvalue weighted by molar-refractivity contribution is 0.0956. The predicted molar refractivity (Wildman–Crippen MR) is 91.7 cm³/mol. The van der Waals surface area contributed by atoms with Gasteiger partial charge in [0, 0.05) is 22.8 Å². The number of carbonyl (C=O) groups excluding carboxylic acids is 1. The third-order valence-electron chi connectivity index (χ3n) is 2.99. The van der Waals surface area contributed by atoms with E-state index in [0.29, 0.717) is 18.7 Å². The first-order valence-electron chi connectivity index (χ1n) is 7.48. The van der Waals surface area contributed by atoms with E-state index in [4.69, 9.17) is 4.74 Å². The van der Waals surface area contributed by atoms with Gasteiger partial charge in [0.25, 0.3) is 5.91 Å². The van der Waals surface area contributed by atoms with Gasteiger partial charge in [-0.2, -0.15) is 0 Å². The van der Waals surface area contributed by atoms with Crippen molar-refractivity contribution in [3.8, 4) is 5.75 Å². The first-order valence-corrected chi connectivity index (χ1v) is 8.47. The highest BCUT2D eigenvalue weighted by atomic mass is 32.2. The Morgan fingerprint density at radius 1 is 1.09 bits per heavy atom. The van der Waals surface area contributed by atoms with Crippen LogP contribution in [-0.2, 0) is 0 Å². The van der Waals surface area contributed by atoms with Gasteiger partial charge in [-0.3, -0.25) is 4.79 Å². The van der Waals surface area contributed by atoms with Crippen molar-refractivity contribution in [2.45, 2.75) is 18.2 Å². The molecule has 3 nitrogen and oxygen atoms in total. The van der Waals surface area contributed by atoms with Gasteiger partial charge in [0.15, 0.2) is 0 Å². The van der Waals surface area contributed by atoms with Crippen molar-refractivity contribution >= 4 is 17.7 Å². The van der Waals surface area contributed by atoms with Crippen molar-refractivity contribution in [1.82, 2.24) is 5.32 Å². The van der Waals surface area contributed by atoms with Crippen molar-refractivity contribution in [2.24, 2.45) is 0 Å². The summed E-state index contributed by atoms with van der Waals surface area (Å²) >= 11 is 1.73. The van der Waals surface area contributed by atoms with E-state index in [1.54, 1.807) is 23.9 Å². The molecule has 0 aliphatic rings. The second kappa shape index (κ2) is 9.15. The van der Waals surface area contributed by atoms with Gasteiger partial charge in [-0.25, -0.2) is 0 Å². The van der Waals surface area contributed by atoms with Crippen molar-refractivity contribution in [2.75, 3.05) is 18.9 Å². The van der Waals surface area contributed by atoms with Crippen molar-refractivity contribution in [3.05, 3.63) is 60.2 Å². The number of nitrogens with one attached hydrogen (secondary N) is 1. The summed E-state index contributed by atoms with van der Waals surface area (Å²) < 4.78 is 5.50. The Morgan fingerprint density at radius 2 is 1.82 bits per heavy atom. The number of hydrogen-bond donors (Lipinski definition) is 1. The number of carbonyl (C=O) groups is 1. The maximum atomic E-state index is 12.0. The Hall–Kier alpha value is -1.94. The molecule has 2 rings (SSSR count). The summed E-state index contributed by atoms with van der Waals surface area (Å²) in [5.41, 5.74) is 0.661. The summed E-state index contributed by atoms with van der Waals surface area (Å²) in [6.45, 7) is 3.41. The van der Waals surface area contributed by atoms with E-state index < -0.39 is 0 Å². The predicted octanol–water partition coefficient (Wildman–Crippen LogP) is 4.00. The van der Waals surface area contributed by atoms with Crippen LogP contribution >= 0.6 is 11.8 Å². The lowest BCUT2D eigenvalue weighted by atomic mass is 10.2. The van der Waals surface area contributed by atoms with E-state index in [2.05, 4.69) is 24.4 Å². The first kappa shape index (κ1) is 16.4. The highest BCUT2D eigenvalue weighted by molar-refractivity contribution is 7.99. The molecule has 2 aromatic carbocycles. The third-order valence-corrected chi connectivity index (χ3v) is 4.00. The van der Waals surface area contributed by atoms with Gasteiger partial charge in [-0.05, 0) is 42.8 Å². The molecule has 1 amide bonds. The van der Waals surface area contributed by atoms with Crippen LogP contribution in [0.15, 0.2) is 59.5 Å². The number of ether oxygens (including phenoxy) is 1. The monoisotopic (exact) mass is 315 g/mol. The second-order valence-corrected chi connectivity index (χ2v) is 5.96. The SMILES string of the molecule is CCCOc1ccc(C(=O)NCCSc2ccccc2)cc1. The smallest absolute Gasteiger partial charge is 0.251 e. The zero-order valence-electron chi connectivity index (χ0n) is 12.7. The van der Waals surface area contributed by atoms with Gasteiger partial charge in [0.2, 0.25) is 0 Å². The minimum absolute atomic E-state index is 0.0456. The average molecular weight is 315 g/mol. The van der Waals surface area contributed by atoms with E-state index in [0.717, 1.165) is 17.9 Å². The minimum Gasteiger partial charge on any atom is -0.494 e. The van der Waals surface area contributed by atoms with E-state index in [1.807, 2.05) is 30.3 Å². The van der Waals surface area contributed by atoms with Gasteiger partial charge in [-0.1, -0.05) is 25.1 Å². The fourth-order valence-electron chi connectivity index (χ4n) is 1.87. The zero-order valence-corrected chi connectivity index (χ0v) is 13.6. The van der Waals surface area contributed by atoms with Crippen LogP contribution in [0.25, 0.3) is 0 Å². The molecule has 0 saturated heterocycles. The molecule has 0 atom stereocenters. The molecule has 2 aromatic rings. The normalized spacial score (nSPS) is 10.2. The quantitative estimate of drug-likeness (QED) is 0.591. The summed E-state index contributed by atoms with van der Waals surface area (Å²) in [6, 6.07) is 17.4. The van der Waals surface area contributed by atoms with Crippen LogP contribution in [0, 0.1) is 0 Å². The molecule has 0 bridgehead atoms. The summed E-state index contributed by atoms with van der Waals surface area (Å²) in [4.78, 5) is 13.2. The minimum atomic E-state index is -0.0456. The molecule has 116 valence electrons. The van der Waals surface area contributed by atoms with Gasteiger partial charge in [0.1, 0.15) is 5.75 Å². The fraction of sp³-hybridized carbons (Fsp3) is 0.278. The number of hydrogen-bond acceptors (Lipinski definition) is 3. The van der Waals surface area contributed by atoms with E-state index in [1.165, 1.54) is 4.90 Å². The standard InChI is InChI=1S/C18H21NO2S/c1-2-13-21-16-10-8-15(9-11-16)18(20)19-12-14-22-17-6-4-3-5-7-17/h3-11H,2,12-14H2,1H3,(H,19,20). The molecule has 0 aliphatic heterocycles. The molecule has 0 unspecified atom stereocenters. The van der Waals surface area contributed by atoms with E-state index in [-0.39, 0.29) is 5.91 Å². The largest absolute Gasteiger partial charge is 0.494 e. The Balaban J connectivity index is 1.72. The molecule has 0 saturated carbocycles. The third kappa shape index (κ3) is 5.45. The molecule has 0 aromatic heterocycles. The molecular formula is C18H21NO2S. The lowest BCUT2D eigenvalue weighted by Gasteiger charge is -2.07. The first-order chi connectivity index (χ1) is 10.8. The summed E-state index contributed by atoms with van der Waals surface area (Å²) in [7, 11) is 0. The summed E-state index contributed by atoms with van der Waals surface area (Å²) in [5, 5.41) is 2.93. The Morgan fingerprint density at radius 3 is 2.50 bits per heavy atom. The van der Waals surface area contributed by atoms with Gasteiger partial charge in [0.05, 0.1) is 6.61 Å². The van der Waals surface area contributed by atoms with Crippen molar-refractivity contribution in [3.63, 3.8) is 0 Å². The van der Waals surface area contributed by atoms with Gasteiger partial charge < -0.3 is 10.1 Å². The van der Waals surface area contributed by atoms with Crippen LogP contribution in [-0.4, -0.2) is 24.8 Å². The molecule has 0 heterocycles. The summed E-state index contributed by atoms with van der Waals surface area (Å²) in [5.74, 6) is 1.61. The Bertz CT molecular complexity index is 569. The highest BCUT2D eigenvalue weighted by Crippen LogP contribution is 2.16. The Labute approximate surface area is 136 Å². The maximum absolute atomic E-state index is 12.0. The topological polar surface area (TPSA) is 38.3 Å². The van der Waals surface area contributed by atoms with Crippen LogP contribution in [0.4, 0.5) is 0 Å². The van der Waals surface area contributed by atoms with Crippen LogP contribution in [0.2, 0.25) is 0 Å². The van der Waals surface area contributed by atoms with E-state index in [9.17, 15) is 4.79 Å². The molecule has 0 radical (unpaired) electrons. The number of thioether (sulfide) groups is 1. The average Bonchev–Trinajstić information content (AvgIpc) is 2.58. The van der Waals surface area contributed by atoms with Crippen LogP contribution in [0.1, 0.15) is 23.7 Å². The molecule has 0 fully saturated rings. The maximum Gasteiger partial charge on any atom is 0.251 e. The second-order valence-electron chi connectivity index (χ2n) is 4.79. The fourth-order valence-corrected chi connectivity index (χ4v) is 2.66. The van der Waals surface area contributed by atoms with Gasteiger partial charge >= 0.3 is 0 Å². The molecule has 22 heavy (non-hydrogen) atoms. The molecule has 0 spiro atoms. The van der Waals surface area contributed by atoms with Crippen molar-refractivity contribution < 1.29 is 9.53 Å². The van der Waals surface area contributed by atoms with Crippen LogP contribution < -0.4 is 10.1 Å². The summed E-state index contributed by atoms with van der Waals surface area (Å²) in [6.07, 6.45) is 0.974. The molecule has 1 N–H and O–H groups in total. The van der Waals surface area contributed by atoms with Gasteiger partial charge in [-0.15, -0.1) is 11.8 Å². The van der Waals surface area contributed by atoms with E-state index >= 15 is 0 Å². The lowest BCUT2D eigenvalue weighted by Crippen LogP contribution is -2.25. The number of rotatable bonds is 8. The number of amides is 1. The highest BCUT2D eigenvalue weighted by Gasteiger charge is 2.05. The molecular weight excluding hydrogens is 294 g/mol. The molecule has 0 aliphatic carbocycles. The van der Waals surface area contributed by atoms with Crippen molar-refractivity contribution in [1.29, 1.82) is 0 Å². The Kier molecular flexibility index (Phi) is 6.84. The van der Waals surface area contributed by atoms with Crippen LogP contribution in [0.5, 0.6) is 5.75 Å². The number of benzene rings is 2. The zero-order chi connectivity index (χ0) is 15.6. The molecule has 4 heteroatoms.